The summed E-state index contributed by atoms with van der Waals surface area (Å²) in [5.74, 6) is 0.181. The summed E-state index contributed by atoms with van der Waals surface area (Å²) < 4.78 is 1.63. The topological polar surface area (TPSA) is 79.5 Å². The molecule has 0 aromatic carbocycles. The Morgan fingerprint density at radius 2 is 2.47 bits per heavy atom. The number of hydrogen-bond donors (Lipinski definition) is 2. The Balaban J connectivity index is 2.03. The molecule has 0 aliphatic carbocycles. The van der Waals surface area contributed by atoms with Crippen molar-refractivity contribution in [2.75, 3.05) is 13.1 Å². The first-order valence-electron chi connectivity index (χ1n) is 5.54. The summed E-state index contributed by atoms with van der Waals surface area (Å²) in [7, 11) is 0. The van der Waals surface area contributed by atoms with E-state index in [1.807, 2.05) is 0 Å². The fourth-order valence-electron chi connectivity index (χ4n) is 2.08. The van der Waals surface area contributed by atoms with Gasteiger partial charge in [-0.1, -0.05) is 0 Å². The summed E-state index contributed by atoms with van der Waals surface area (Å²) in [5, 5.41) is 16.5. The van der Waals surface area contributed by atoms with Crippen molar-refractivity contribution in [1.82, 2.24) is 19.9 Å². The zero-order chi connectivity index (χ0) is 11.8. The van der Waals surface area contributed by atoms with Crippen molar-refractivity contribution in [3.05, 3.63) is 29.7 Å². The van der Waals surface area contributed by atoms with Gasteiger partial charge >= 0.3 is 5.97 Å². The van der Waals surface area contributed by atoms with Gasteiger partial charge in [-0.2, -0.15) is 5.10 Å². The van der Waals surface area contributed by atoms with Gasteiger partial charge in [0.05, 0.1) is 5.56 Å². The lowest BCUT2D eigenvalue weighted by molar-refractivity contribution is 0.0697. The lowest BCUT2D eigenvalue weighted by Crippen LogP contribution is -2.08. The molecule has 1 saturated heterocycles. The highest BCUT2D eigenvalue weighted by Crippen LogP contribution is 2.19. The second-order valence-corrected chi connectivity index (χ2v) is 4.18. The van der Waals surface area contributed by atoms with Crippen molar-refractivity contribution in [3.63, 3.8) is 0 Å². The van der Waals surface area contributed by atoms with Crippen LogP contribution in [0.3, 0.4) is 0 Å². The average Bonchev–Trinajstić information content (AvgIpc) is 2.96. The van der Waals surface area contributed by atoms with Crippen LogP contribution < -0.4 is 5.32 Å². The maximum Gasteiger partial charge on any atom is 0.335 e. The Hall–Kier alpha value is -1.95. The van der Waals surface area contributed by atoms with Gasteiger partial charge in [0, 0.05) is 18.7 Å². The van der Waals surface area contributed by atoms with E-state index >= 15 is 0 Å². The Bertz CT molecular complexity index is 572. The zero-order valence-electron chi connectivity index (χ0n) is 9.13. The maximum absolute atomic E-state index is 10.8. The number of nitrogens with one attached hydrogen (secondary N) is 1. The lowest BCUT2D eigenvalue weighted by atomic mass is 10.1. The first-order chi connectivity index (χ1) is 8.24. The summed E-state index contributed by atoms with van der Waals surface area (Å²) >= 11 is 0. The highest BCUT2D eigenvalue weighted by molar-refractivity contribution is 5.88. The van der Waals surface area contributed by atoms with Gasteiger partial charge in [0.2, 0.25) is 0 Å². The van der Waals surface area contributed by atoms with Gasteiger partial charge in [-0.25, -0.2) is 14.3 Å². The number of carbonyl (C=O) groups is 1. The number of carboxylic acid groups (broad SMARTS) is 1. The van der Waals surface area contributed by atoms with Crippen molar-refractivity contribution in [3.8, 4) is 0 Å². The van der Waals surface area contributed by atoms with Crippen molar-refractivity contribution in [2.45, 2.75) is 12.3 Å². The van der Waals surface area contributed by atoms with Gasteiger partial charge in [-0.05, 0) is 25.1 Å². The second kappa shape index (κ2) is 3.81. The summed E-state index contributed by atoms with van der Waals surface area (Å²) in [6.07, 6.45) is 2.67. The van der Waals surface area contributed by atoms with Crippen LogP contribution in [0.4, 0.5) is 0 Å². The molecular weight excluding hydrogens is 220 g/mol. The van der Waals surface area contributed by atoms with E-state index in [-0.39, 0.29) is 5.56 Å². The van der Waals surface area contributed by atoms with Gasteiger partial charge in [0.15, 0.2) is 11.5 Å². The molecule has 6 heteroatoms. The van der Waals surface area contributed by atoms with E-state index in [1.165, 1.54) is 6.07 Å². The summed E-state index contributed by atoms with van der Waals surface area (Å²) in [4.78, 5) is 15.2. The van der Waals surface area contributed by atoms with Gasteiger partial charge < -0.3 is 10.4 Å². The molecule has 1 fully saturated rings. The first-order valence-corrected chi connectivity index (χ1v) is 5.54. The van der Waals surface area contributed by atoms with Gasteiger partial charge in [-0.3, -0.25) is 0 Å². The molecule has 88 valence electrons. The minimum Gasteiger partial charge on any atom is -0.478 e. The molecule has 1 unspecified atom stereocenters. The second-order valence-electron chi connectivity index (χ2n) is 4.18. The molecule has 0 bridgehead atoms. The fourth-order valence-corrected chi connectivity index (χ4v) is 2.08. The molecule has 17 heavy (non-hydrogen) atoms. The third-order valence-electron chi connectivity index (χ3n) is 3.03. The molecular formula is C11H12N4O2. The number of rotatable bonds is 2. The number of pyridine rings is 1. The van der Waals surface area contributed by atoms with Crippen LogP contribution >= 0.6 is 0 Å². The van der Waals surface area contributed by atoms with E-state index in [0.717, 1.165) is 25.3 Å². The molecule has 3 rings (SSSR count). The summed E-state index contributed by atoms with van der Waals surface area (Å²) in [6.45, 7) is 1.88. The molecule has 0 spiro atoms. The number of fused-ring (bicyclic) bond motifs is 1. The molecule has 2 N–H and O–H groups in total. The van der Waals surface area contributed by atoms with Crippen LogP contribution in [0.2, 0.25) is 0 Å². The molecule has 3 heterocycles. The smallest absolute Gasteiger partial charge is 0.335 e. The average molecular weight is 232 g/mol. The molecule has 2 aromatic rings. The highest BCUT2D eigenvalue weighted by atomic mass is 16.4. The van der Waals surface area contributed by atoms with Gasteiger partial charge in [0.25, 0.3) is 0 Å². The van der Waals surface area contributed by atoms with Crippen molar-refractivity contribution in [1.29, 1.82) is 0 Å². The van der Waals surface area contributed by atoms with Crippen molar-refractivity contribution >= 4 is 11.6 Å². The van der Waals surface area contributed by atoms with Crippen LogP contribution in [0.25, 0.3) is 5.65 Å². The molecule has 1 aliphatic heterocycles. The van der Waals surface area contributed by atoms with Crippen LogP contribution in [0.5, 0.6) is 0 Å². The number of carboxylic acids is 1. The molecule has 6 nitrogen and oxygen atoms in total. The third kappa shape index (κ3) is 1.76. The summed E-state index contributed by atoms with van der Waals surface area (Å²) in [6, 6.07) is 3.07. The molecule has 1 atom stereocenters. The summed E-state index contributed by atoms with van der Waals surface area (Å²) in [5.41, 5.74) is 0.827. The Morgan fingerprint density at radius 3 is 3.18 bits per heavy atom. The van der Waals surface area contributed by atoms with Crippen molar-refractivity contribution in [2.24, 2.45) is 0 Å². The predicted molar refractivity (Wildman–Crippen MR) is 60.2 cm³/mol. The van der Waals surface area contributed by atoms with Gasteiger partial charge in [0.1, 0.15) is 0 Å². The number of nitrogens with zero attached hydrogens (tertiary/aromatic N) is 3. The monoisotopic (exact) mass is 232 g/mol. The van der Waals surface area contributed by atoms with Crippen LogP contribution in [-0.2, 0) is 0 Å². The lowest BCUT2D eigenvalue weighted by Gasteiger charge is -1.99. The quantitative estimate of drug-likeness (QED) is 0.788. The minimum absolute atomic E-state index is 0.237. The van der Waals surface area contributed by atoms with Gasteiger partial charge in [-0.15, -0.1) is 0 Å². The molecule has 1 aliphatic rings. The van der Waals surface area contributed by atoms with Crippen molar-refractivity contribution < 1.29 is 9.90 Å². The fraction of sp³-hybridized carbons (Fsp3) is 0.364. The number of aromatic carboxylic acids is 1. The SMILES string of the molecule is O=C(O)c1ccn2nc(C3CCNC3)nc2c1. The Labute approximate surface area is 97.3 Å². The molecule has 0 radical (unpaired) electrons. The molecule has 2 aromatic heterocycles. The largest absolute Gasteiger partial charge is 0.478 e. The van der Waals surface area contributed by atoms with E-state index in [2.05, 4.69) is 15.4 Å². The normalized spacial score (nSPS) is 19.9. The molecule has 0 saturated carbocycles. The maximum atomic E-state index is 10.8. The standard InChI is InChI=1S/C11H12N4O2/c16-11(17)7-2-4-15-9(5-7)13-10(14-15)8-1-3-12-6-8/h2,4-5,8,12H,1,3,6H2,(H,16,17). The van der Waals surface area contributed by atoms with Crippen LogP contribution in [0, 0.1) is 0 Å². The van der Waals surface area contributed by atoms with E-state index in [0.29, 0.717) is 11.6 Å². The zero-order valence-corrected chi connectivity index (χ0v) is 9.13. The van der Waals surface area contributed by atoms with Crippen LogP contribution in [-0.4, -0.2) is 38.8 Å². The van der Waals surface area contributed by atoms with E-state index in [1.54, 1.807) is 16.8 Å². The minimum atomic E-state index is -0.945. The first kappa shape index (κ1) is 10.2. The van der Waals surface area contributed by atoms with Crippen LogP contribution in [0.15, 0.2) is 18.3 Å². The number of hydrogen-bond acceptors (Lipinski definition) is 4. The highest BCUT2D eigenvalue weighted by Gasteiger charge is 2.21. The van der Waals surface area contributed by atoms with Crippen LogP contribution in [0.1, 0.15) is 28.5 Å². The Morgan fingerprint density at radius 1 is 1.59 bits per heavy atom. The predicted octanol–water partition coefficient (Wildman–Crippen LogP) is 0.504. The van der Waals surface area contributed by atoms with E-state index in [4.69, 9.17) is 5.11 Å². The number of aromatic nitrogens is 3. The Kier molecular flexibility index (Phi) is 2.29. The van der Waals surface area contributed by atoms with E-state index in [9.17, 15) is 4.79 Å². The molecule has 0 amide bonds. The third-order valence-corrected chi connectivity index (χ3v) is 3.03. The van der Waals surface area contributed by atoms with E-state index < -0.39 is 5.97 Å².